The van der Waals surface area contributed by atoms with E-state index in [-0.39, 0.29) is 0 Å². The molecule has 6 nitrogen and oxygen atoms in total. The van der Waals surface area contributed by atoms with Gasteiger partial charge in [0.05, 0.1) is 11.8 Å². The lowest BCUT2D eigenvalue weighted by molar-refractivity contribution is 0.120. The van der Waals surface area contributed by atoms with Crippen LogP contribution in [0.2, 0.25) is 0 Å². The first-order chi connectivity index (χ1) is 10.2. The second kappa shape index (κ2) is 5.97. The lowest BCUT2D eigenvalue weighted by Gasteiger charge is -2.13. The molecule has 0 spiro atoms. The summed E-state index contributed by atoms with van der Waals surface area (Å²) in [7, 11) is 0. The Balaban J connectivity index is 1.97. The number of fused-ring (bicyclic) bond motifs is 1. The monoisotopic (exact) mass is 289 g/mol. The average molecular weight is 289 g/mol. The molecule has 6 heteroatoms. The van der Waals surface area contributed by atoms with Gasteiger partial charge in [0.1, 0.15) is 16.9 Å². The minimum Gasteiger partial charge on any atom is -0.376 e. The standard InChI is InChI=1S/C15H23N5O/c1-4-12-17-13-10(3)19-20(5-2)14(13)15(18-12)16-9-11-7-6-8-21-11/h11H,4-9H2,1-3H3,(H,16,17,18). The van der Waals surface area contributed by atoms with Crippen molar-refractivity contribution in [1.29, 1.82) is 0 Å². The Morgan fingerprint density at radius 3 is 2.86 bits per heavy atom. The molecule has 0 aromatic carbocycles. The minimum absolute atomic E-state index is 0.291. The van der Waals surface area contributed by atoms with Crippen LogP contribution < -0.4 is 5.32 Å². The fourth-order valence-electron chi connectivity index (χ4n) is 2.80. The van der Waals surface area contributed by atoms with Crippen LogP contribution >= 0.6 is 0 Å². The number of nitrogens with zero attached hydrogens (tertiary/aromatic N) is 4. The van der Waals surface area contributed by atoms with Gasteiger partial charge in [-0.05, 0) is 26.7 Å². The summed E-state index contributed by atoms with van der Waals surface area (Å²) in [5.74, 6) is 1.74. The number of aromatic nitrogens is 4. The van der Waals surface area contributed by atoms with Crippen molar-refractivity contribution < 1.29 is 4.74 Å². The van der Waals surface area contributed by atoms with Crippen LogP contribution in [0.1, 0.15) is 38.2 Å². The molecule has 1 unspecified atom stereocenters. The highest BCUT2D eigenvalue weighted by Crippen LogP contribution is 2.24. The molecular weight excluding hydrogens is 266 g/mol. The lowest BCUT2D eigenvalue weighted by Crippen LogP contribution is -2.20. The first-order valence-electron chi connectivity index (χ1n) is 7.82. The Morgan fingerprint density at radius 1 is 1.33 bits per heavy atom. The van der Waals surface area contributed by atoms with Crippen LogP contribution in [-0.4, -0.2) is 39.0 Å². The molecule has 1 atom stereocenters. The van der Waals surface area contributed by atoms with Gasteiger partial charge in [0.15, 0.2) is 5.82 Å². The van der Waals surface area contributed by atoms with Crippen LogP contribution in [0, 0.1) is 6.92 Å². The van der Waals surface area contributed by atoms with Gasteiger partial charge in [-0.3, -0.25) is 4.68 Å². The molecule has 0 saturated carbocycles. The maximum Gasteiger partial charge on any atom is 0.156 e. The van der Waals surface area contributed by atoms with Crippen LogP contribution in [0.25, 0.3) is 11.0 Å². The predicted octanol–water partition coefficient (Wildman–Crippen LogP) is 2.31. The SMILES string of the molecule is CCc1nc(NCC2CCCO2)c2c(n1)c(C)nn2CC. The Hall–Kier alpha value is -1.69. The summed E-state index contributed by atoms with van der Waals surface area (Å²) >= 11 is 0. The molecule has 3 rings (SSSR count). The zero-order valence-corrected chi connectivity index (χ0v) is 13.0. The van der Waals surface area contributed by atoms with Crippen molar-refractivity contribution in [2.45, 2.75) is 52.7 Å². The summed E-state index contributed by atoms with van der Waals surface area (Å²) in [5.41, 5.74) is 2.92. The topological polar surface area (TPSA) is 64.9 Å². The summed E-state index contributed by atoms with van der Waals surface area (Å²) < 4.78 is 7.65. The van der Waals surface area contributed by atoms with Crippen molar-refractivity contribution in [2.75, 3.05) is 18.5 Å². The minimum atomic E-state index is 0.291. The summed E-state index contributed by atoms with van der Waals surface area (Å²) in [6.45, 7) is 8.65. The van der Waals surface area contributed by atoms with Gasteiger partial charge < -0.3 is 10.1 Å². The van der Waals surface area contributed by atoms with Crippen molar-refractivity contribution >= 4 is 16.9 Å². The van der Waals surface area contributed by atoms with Gasteiger partial charge >= 0.3 is 0 Å². The van der Waals surface area contributed by atoms with Crippen molar-refractivity contribution in [3.05, 3.63) is 11.5 Å². The molecule has 0 aliphatic carbocycles. The molecule has 0 bridgehead atoms. The van der Waals surface area contributed by atoms with E-state index < -0.39 is 0 Å². The average Bonchev–Trinajstić information content (AvgIpc) is 3.13. The number of hydrogen-bond acceptors (Lipinski definition) is 5. The quantitative estimate of drug-likeness (QED) is 0.915. The second-order valence-corrected chi connectivity index (χ2v) is 5.46. The zero-order chi connectivity index (χ0) is 14.8. The van der Waals surface area contributed by atoms with E-state index in [4.69, 9.17) is 4.74 Å². The van der Waals surface area contributed by atoms with Gasteiger partial charge in [0, 0.05) is 26.1 Å². The van der Waals surface area contributed by atoms with Crippen LogP contribution in [0.4, 0.5) is 5.82 Å². The van der Waals surface area contributed by atoms with E-state index in [0.29, 0.717) is 6.10 Å². The lowest BCUT2D eigenvalue weighted by atomic mass is 10.2. The van der Waals surface area contributed by atoms with Gasteiger partial charge in [-0.15, -0.1) is 0 Å². The van der Waals surface area contributed by atoms with Crippen molar-refractivity contribution in [1.82, 2.24) is 19.7 Å². The second-order valence-electron chi connectivity index (χ2n) is 5.46. The largest absolute Gasteiger partial charge is 0.376 e. The smallest absolute Gasteiger partial charge is 0.156 e. The molecular formula is C15H23N5O. The van der Waals surface area contributed by atoms with E-state index in [1.807, 2.05) is 11.6 Å². The molecule has 2 aromatic rings. The molecule has 1 saturated heterocycles. The number of aryl methyl sites for hydroxylation is 3. The maximum atomic E-state index is 5.68. The highest BCUT2D eigenvalue weighted by Gasteiger charge is 2.19. The van der Waals surface area contributed by atoms with Gasteiger partial charge in [-0.25, -0.2) is 9.97 Å². The molecule has 1 N–H and O–H groups in total. The molecule has 3 heterocycles. The fourth-order valence-corrected chi connectivity index (χ4v) is 2.80. The first-order valence-corrected chi connectivity index (χ1v) is 7.82. The number of nitrogens with one attached hydrogen (secondary N) is 1. The molecule has 21 heavy (non-hydrogen) atoms. The van der Waals surface area contributed by atoms with Gasteiger partial charge in [0.25, 0.3) is 0 Å². The maximum absolute atomic E-state index is 5.68. The summed E-state index contributed by atoms with van der Waals surface area (Å²) in [4.78, 5) is 9.30. The normalized spacial score (nSPS) is 18.5. The third kappa shape index (κ3) is 2.72. The van der Waals surface area contributed by atoms with E-state index in [2.05, 4.69) is 34.2 Å². The fraction of sp³-hybridized carbons (Fsp3) is 0.667. The Bertz CT molecular complexity index is 631. The van der Waals surface area contributed by atoms with E-state index >= 15 is 0 Å². The number of hydrogen-bond donors (Lipinski definition) is 1. The predicted molar refractivity (Wildman–Crippen MR) is 82.6 cm³/mol. The van der Waals surface area contributed by atoms with E-state index in [1.54, 1.807) is 0 Å². The number of rotatable bonds is 5. The van der Waals surface area contributed by atoms with Crippen LogP contribution in [0.15, 0.2) is 0 Å². The third-order valence-electron chi connectivity index (χ3n) is 3.94. The summed E-state index contributed by atoms with van der Waals surface area (Å²) in [5, 5.41) is 8.02. The highest BCUT2D eigenvalue weighted by atomic mass is 16.5. The van der Waals surface area contributed by atoms with Gasteiger partial charge in [-0.2, -0.15) is 5.10 Å². The van der Waals surface area contributed by atoms with Gasteiger partial charge in [-0.1, -0.05) is 6.92 Å². The Labute approximate surface area is 124 Å². The van der Waals surface area contributed by atoms with Crippen LogP contribution in [0.5, 0.6) is 0 Å². The molecule has 1 aliphatic rings. The zero-order valence-electron chi connectivity index (χ0n) is 13.0. The molecule has 0 radical (unpaired) electrons. The van der Waals surface area contributed by atoms with E-state index in [0.717, 1.165) is 67.3 Å². The van der Waals surface area contributed by atoms with Crippen LogP contribution in [0.3, 0.4) is 0 Å². The number of ether oxygens (including phenoxy) is 1. The van der Waals surface area contributed by atoms with Crippen molar-refractivity contribution in [2.24, 2.45) is 0 Å². The van der Waals surface area contributed by atoms with E-state index in [9.17, 15) is 0 Å². The molecule has 2 aromatic heterocycles. The van der Waals surface area contributed by atoms with Crippen molar-refractivity contribution in [3.8, 4) is 0 Å². The Kier molecular flexibility index (Phi) is 4.05. The number of anilines is 1. The van der Waals surface area contributed by atoms with Crippen LogP contribution in [-0.2, 0) is 17.7 Å². The molecule has 1 fully saturated rings. The third-order valence-corrected chi connectivity index (χ3v) is 3.94. The van der Waals surface area contributed by atoms with Crippen molar-refractivity contribution in [3.63, 3.8) is 0 Å². The van der Waals surface area contributed by atoms with Gasteiger partial charge in [0.2, 0.25) is 0 Å². The Morgan fingerprint density at radius 2 is 2.19 bits per heavy atom. The first kappa shape index (κ1) is 14.3. The van der Waals surface area contributed by atoms with E-state index in [1.165, 1.54) is 0 Å². The molecule has 114 valence electrons. The highest BCUT2D eigenvalue weighted by molar-refractivity contribution is 5.87. The molecule has 0 amide bonds. The molecule has 1 aliphatic heterocycles. The summed E-state index contributed by atoms with van der Waals surface area (Å²) in [6, 6.07) is 0. The summed E-state index contributed by atoms with van der Waals surface area (Å²) in [6.07, 6.45) is 3.38.